The smallest absolute Gasteiger partial charge is 0.0522 e. The van der Waals surface area contributed by atoms with Gasteiger partial charge in [-0.25, -0.2) is 0 Å². The van der Waals surface area contributed by atoms with Crippen LogP contribution in [-0.2, 0) is 13.5 Å². The summed E-state index contributed by atoms with van der Waals surface area (Å²) >= 11 is 0. The predicted molar refractivity (Wildman–Crippen MR) is 60.7 cm³/mol. The summed E-state index contributed by atoms with van der Waals surface area (Å²) in [7, 11) is 1.93. The van der Waals surface area contributed by atoms with E-state index >= 15 is 0 Å². The molecule has 1 rings (SSSR count). The molecule has 1 atom stereocenters. The first kappa shape index (κ1) is 12.2. The fourth-order valence-electron chi connectivity index (χ4n) is 1.48. The third-order valence-corrected chi connectivity index (χ3v) is 2.32. The van der Waals surface area contributed by atoms with Crippen LogP contribution in [0.1, 0.15) is 25.3 Å². The van der Waals surface area contributed by atoms with E-state index in [4.69, 9.17) is 5.11 Å². The Bertz CT molecular complexity index is 271. The molecule has 1 aromatic heterocycles. The number of aromatic nitrogens is 2. The van der Waals surface area contributed by atoms with Gasteiger partial charge < -0.3 is 10.4 Å². The van der Waals surface area contributed by atoms with Gasteiger partial charge in [0, 0.05) is 13.2 Å². The van der Waals surface area contributed by atoms with Crippen LogP contribution in [0.4, 0.5) is 0 Å². The summed E-state index contributed by atoms with van der Waals surface area (Å²) in [4.78, 5) is 0. The minimum atomic E-state index is -0.176. The summed E-state index contributed by atoms with van der Waals surface area (Å²) in [6.07, 6.45) is 6.69. The first-order valence-corrected chi connectivity index (χ1v) is 5.55. The van der Waals surface area contributed by atoms with E-state index < -0.39 is 0 Å². The van der Waals surface area contributed by atoms with E-state index in [0.717, 1.165) is 32.4 Å². The maximum Gasteiger partial charge on any atom is 0.0522 e. The van der Waals surface area contributed by atoms with E-state index in [-0.39, 0.29) is 6.10 Å². The van der Waals surface area contributed by atoms with Gasteiger partial charge in [0.15, 0.2) is 0 Å². The van der Waals surface area contributed by atoms with E-state index in [1.807, 2.05) is 31.0 Å². The van der Waals surface area contributed by atoms with Crippen molar-refractivity contribution in [3.8, 4) is 0 Å². The Morgan fingerprint density at radius 2 is 2.33 bits per heavy atom. The van der Waals surface area contributed by atoms with Crippen LogP contribution in [0.3, 0.4) is 0 Å². The molecule has 15 heavy (non-hydrogen) atoms. The molecule has 0 aromatic carbocycles. The van der Waals surface area contributed by atoms with Gasteiger partial charge in [-0.1, -0.05) is 0 Å². The third-order valence-electron chi connectivity index (χ3n) is 2.32. The second-order valence-corrected chi connectivity index (χ2v) is 4.01. The average molecular weight is 211 g/mol. The standard InChI is InChI=1S/C11H21N3O/c1-10(15)4-3-6-12-7-5-11-8-13-14(2)9-11/h8-10,12,15H,3-7H2,1-2H3. The molecule has 0 amide bonds. The number of nitrogens with one attached hydrogen (secondary N) is 1. The van der Waals surface area contributed by atoms with Crippen molar-refractivity contribution < 1.29 is 5.11 Å². The summed E-state index contributed by atoms with van der Waals surface area (Å²) in [5.41, 5.74) is 1.26. The van der Waals surface area contributed by atoms with Crippen molar-refractivity contribution in [3.63, 3.8) is 0 Å². The monoisotopic (exact) mass is 211 g/mol. The lowest BCUT2D eigenvalue weighted by atomic mass is 10.2. The zero-order valence-electron chi connectivity index (χ0n) is 9.61. The number of hydrogen-bond acceptors (Lipinski definition) is 3. The molecule has 1 heterocycles. The molecule has 0 radical (unpaired) electrons. The molecule has 1 unspecified atom stereocenters. The fraction of sp³-hybridized carbons (Fsp3) is 0.727. The molecule has 2 N–H and O–H groups in total. The van der Waals surface area contributed by atoms with Gasteiger partial charge >= 0.3 is 0 Å². The summed E-state index contributed by atoms with van der Waals surface area (Å²) in [5, 5.41) is 16.5. The van der Waals surface area contributed by atoms with E-state index in [1.165, 1.54) is 5.56 Å². The zero-order chi connectivity index (χ0) is 11.1. The molecule has 0 aliphatic carbocycles. The van der Waals surface area contributed by atoms with Crippen LogP contribution in [-0.4, -0.2) is 34.1 Å². The summed E-state index contributed by atoms with van der Waals surface area (Å²) < 4.78 is 1.82. The lowest BCUT2D eigenvalue weighted by Crippen LogP contribution is -2.19. The number of hydrogen-bond donors (Lipinski definition) is 2. The number of aliphatic hydroxyl groups excluding tert-OH is 1. The number of nitrogens with zero attached hydrogens (tertiary/aromatic N) is 2. The number of aryl methyl sites for hydroxylation is 1. The normalized spacial score (nSPS) is 13.0. The molecule has 86 valence electrons. The Morgan fingerprint density at radius 3 is 2.93 bits per heavy atom. The van der Waals surface area contributed by atoms with E-state index in [9.17, 15) is 0 Å². The zero-order valence-corrected chi connectivity index (χ0v) is 9.61. The van der Waals surface area contributed by atoms with Gasteiger partial charge in [-0.05, 0) is 44.8 Å². The topological polar surface area (TPSA) is 50.1 Å². The second kappa shape index (κ2) is 6.58. The van der Waals surface area contributed by atoms with Crippen LogP contribution in [0.5, 0.6) is 0 Å². The maximum absolute atomic E-state index is 9.05. The van der Waals surface area contributed by atoms with Crippen LogP contribution < -0.4 is 5.32 Å². The van der Waals surface area contributed by atoms with Crippen molar-refractivity contribution in [3.05, 3.63) is 18.0 Å². The summed E-state index contributed by atoms with van der Waals surface area (Å²) in [5.74, 6) is 0. The van der Waals surface area contributed by atoms with E-state index in [1.54, 1.807) is 0 Å². The number of aliphatic hydroxyl groups is 1. The molecule has 4 heteroatoms. The average Bonchev–Trinajstić information content (AvgIpc) is 2.57. The van der Waals surface area contributed by atoms with Gasteiger partial charge in [0.05, 0.1) is 12.3 Å². The Kier molecular flexibility index (Phi) is 5.36. The maximum atomic E-state index is 9.05. The van der Waals surface area contributed by atoms with Crippen LogP contribution in [0, 0.1) is 0 Å². The second-order valence-electron chi connectivity index (χ2n) is 4.01. The van der Waals surface area contributed by atoms with Crippen molar-refractivity contribution in [1.82, 2.24) is 15.1 Å². The lowest BCUT2D eigenvalue weighted by Gasteiger charge is -2.05. The molecule has 1 aromatic rings. The highest BCUT2D eigenvalue weighted by atomic mass is 16.3. The SMILES string of the molecule is CC(O)CCCNCCc1cnn(C)c1. The van der Waals surface area contributed by atoms with Crippen LogP contribution in [0.15, 0.2) is 12.4 Å². The number of rotatable bonds is 7. The molecular formula is C11H21N3O. The first-order valence-electron chi connectivity index (χ1n) is 5.55. The highest BCUT2D eigenvalue weighted by molar-refractivity contribution is 5.03. The molecule has 0 bridgehead atoms. The molecule has 0 aliphatic rings. The van der Waals surface area contributed by atoms with Crippen molar-refractivity contribution in [2.75, 3.05) is 13.1 Å². The Hall–Kier alpha value is -0.870. The molecule has 0 aliphatic heterocycles. The van der Waals surface area contributed by atoms with Crippen LogP contribution >= 0.6 is 0 Å². The minimum absolute atomic E-state index is 0.176. The van der Waals surface area contributed by atoms with Crippen molar-refractivity contribution in [2.45, 2.75) is 32.3 Å². The van der Waals surface area contributed by atoms with Crippen molar-refractivity contribution in [1.29, 1.82) is 0 Å². The Morgan fingerprint density at radius 1 is 1.53 bits per heavy atom. The molecule has 0 fully saturated rings. The molecular weight excluding hydrogens is 190 g/mol. The highest BCUT2D eigenvalue weighted by Gasteiger charge is 1.97. The Labute approximate surface area is 91.3 Å². The van der Waals surface area contributed by atoms with Crippen LogP contribution in [0.25, 0.3) is 0 Å². The van der Waals surface area contributed by atoms with Gasteiger partial charge in [0.1, 0.15) is 0 Å². The Balaban J connectivity index is 1.98. The quantitative estimate of drug-likeness (QED) is 0.653. The van der Waals surface area contributed by atoms with Gasteiger partial charge in [0.2, 0.25) is 0 Å². The van der Waals surface area contributed by atoms with Crippen LogP contribution in [0.2, 0.25) is 0 Å². The first-order chi connectivity index (χ1) is 7.18. The molecule has 0 spiro atoms. The minimum Gasteiger partial charge on any atom is -0.393 e. The molecule has 0 saturated heterocycles. The van der Waals surface area contributed by atoms with Crippen molar-refractivity contribution >= 4 is 0 Å². The predicted octanol–water partition coefficient (Wildman–Crippen LogP) is 0.713. The van der Waals surface area contributed by atoms with E-state index in [2.05, 4.69) is 10.4 Å². The molecule has 4 nitrogen and oxygen atoms in total. The van der Waals surface area contributed by atoms with Crippen molar-refractivity contribution in [2.24, 2.45) is 7.05 Å². The molecule has 0 saturated carbocycles. The largest absolute Gasteiger partial charge is 0.393 e. The summed E-state index contributed by atoms with van der Waals surface area (Å²) in [6, 6.07) is 0. The highest BCUT2D eigenvalue weighted by Crippen LogP contribution is 1.97. The van der Waals surface area contributed by atoms with Gasteiger partial charge in [0.25, 0.3) is 0 Å². The van der Waals surface area contributed by atoms with Gasteiger partial charge in [-0.3, -0.25) is 4.68 Å². The third kappa shape index (κ3) is 5.54. The lowest BCUT2D eigenvalue weighted by molar-refractivity contribution is 0.181. The van der Waals surface area contributed by atoms with Gasteiger partial charge in [-0.15, -0.1) is 0 Å². The van der Waals surface area contributed by atoms with Gasteiger partial charge in [-0.2, -0.15) is 5.10 Å². The summed E-state index contributed by atoms with van der Waals surface area (Å²) in [6.45, 7) is 3.78. The fourth-order valence-corrected chi connectivity index (χ4v) is 1.48. The van der Waals surface area contributed by atoms with E-state index in [0.29, 0.717) is 0 Å².